The van der Waals surface area contributed by atoms with Gasteiger partial charge in [-0.05, 0) is 38.6 Å². The maximum absolute atomic E-state index is 12.0. The van der Waals surface area contributed by atoms with E-state index in [0.29, 0.717) is 6.54 Å². The SMILES string of the molecule is CCCNC(=O)C1CCCN(CC(O)(CC)CC)C1. The predicted octanol–water partition coefficient (Wildman–Crippen LogP) is 1.78. The summed E-state index contributed by atoms with van der Waals surface area (Å²) in [5, 5.41) is 13.4. The van der Waals surface area contributed by atoms with E-state index in [4.69, 9.17) is 0 Å². The predicted molar refractivity (Wildman–Crippen MR) is 78.0 cm³/mol. The number of β-amino-alcohol motifs (C(OH)–C–C–N with tert-alkyl or cyclic N) is 1. The summed E-state index contributed by atoms with van der Waals surface area (Å²) in [7, 11) is 0. The third-order valence-corrected chi connectivity index (χ3v) is 4.26. The van der Waals surface area contributed by atoms with Crippen molar-refractivity contribution in [3.8, 4) is 0 Å². The van der Waals surface area contributed by atoms with Gasteiger partial charge < -0.3 is 10.4 Å². The van der Waals surface area contributed by atoms with E-state index in [2.05, 4.69) is 17.1 Å². The van der Waals surface area contributed by atoms with Crippen LogP contribution in [0.15, 0.2) is 0 Å². The molecule has 112 valence electrons. The number of carbonyl (C=O) groups is 1. The minimum Gasteiger partial charge on any atom is -0.389 e. The van der Waals surface area contributed by atoms with Crippen molar-refractivity contribution >= 4 is 5.91 Å². The largest absolute Gasteiger partial charge is 0.389 e. The van der Waals surface area contributed by atoms with Crippen molar-refractivity contribution in [3.05, 3.63) is 0 Å². The van der Waals surface area contributed by atoms with Crippen LogP contribution in [0, 0.1) is 5.92 Å². The maximum Gasteiger partial charge on any atom is 0.224 e. The number of hydrogen-bond acceptors (Lipinski definition) is 3. The summed E-state index contributed by atoms with van der Waals surface area (Å²) >= 11 is 0. The maximum atomic E-state index is 12.0. The highest BCUT2D eigenvalue weighted by Crippen LogP contribution is 2.22. The standard InChI is InChI=1S/C15H30N2O2/c1-4-9-16-14(18)13-8-7-10-17(11-13)12-15(19,5-2)6-3/h13,19H,4-12H2,1-3H3,(H,16,18). The van der Waals surface area contributed by atoms with E-state index >= 15 is 0 Å². The third kappa shape index (κ3) is 5.11. The number of likely N-dealkylation sites (tertiary alicyclic amines) is 1. The Bertz CT molecular complexity index is 277. The lowest BCUT2D eigenvalue weighted by Gasteiger charge is -2.37. The Morgan fingerprint density at radius 2 is 2.05 bits per heavy atom. The number of hydrogen-bond donors (Lipinski definition) is 2. The molecule has 0 aromatic rings. The molecule has 1 amide bonds. The molecule has 0 aromatic heterocycles. The highest BCUT2D eigenvalue weighted by atomic mass is 16.3. The first kappa shape index (κ1) is 16.4. The molecule has 0 saturated carbocycles. The highest BCUT2D eigenvalue weighted by molar-refractivity contribution is 5.78. The molecule has 1 unspecified atom stereocenters. The number of carbonyl (C=O) groups excluding carboxylic acids is 1. The van der Waals surface area contributed by atoms with Crippen molar-refractivity contribution < 1.29 is 9.90 Å². The van der Waals surface area contributed by atoms with Crippen molar-refractivity contribution in [2.24, 2.45) is 5.92 Å². The van der Waals surface area contributed by atoms with E-state index < -0.39 is 5.60 Å². The number of amides is 1. The van der Waals surface area contributed by atoms with Gasteiger partial charge in [0.15, 0.2) is 0 Å². The van der Waals surface area contributed by atoms with Gasteiger partial charge in [0, 0.05) is 19.6 Å². The van der Waals surface area contributed by atoms with Gasteiger partial charge in [-0.25, -0.2) is 0 Å². The summed E-state index contributed by atoms with van der Waals surface area (Å²) in [6.07, 6.45) is 4.55. The van der Waals surface area contributed by atoms with E-state index in [1.165, 1.54) is 0 Å². The van der Waals surface area contributed by atoms with Gasteiger partial charge in [0.25, 0.3) is 0 Å². The van der Waals surface area contributed by atoms with Crippen LogP contribution in [0.3, 0.4) is 0 Å². The molecule has 0 aliphatic carbocycles. The number of aliphatic hydroxyl groups is 1. The lowest BCUT2D eigenvalue weighted by atomic mass is 9.92. The minimum atomic E-state index is -0.595. The summed E-state index contributed by atoms with van der Waals surface area (Å²) in [4.78, 5) is 14.3. The Labute approximate surface area is 117 Å². The van der Waals surface area contributed by atoms with Crippen LogP contribution in [-0.2, 0) is 4.79 Å². The summed E-state index contributed by atoms with van der Waals surface area (Å²) in [5.74, 6) is 0.279. The summed E-state index contributed by atoms with van der Waals surface area (Å²) in [6, 6.07) is 0. The van der Waals surface area contributed by atoms with E-state index in [0.717, 1.165) is 51.7 Å². The minimum absolute atomic E-state index is 0.0956. The first-order valence-electron chi connectivity index (χ1n) is 7.77. The fourth-order valence-electron chi connectivity index (χ4n) is 2.70. The highest BCUT2D eigenvalue weighted by Gasteiger charge is 2.31. The zero-order valence-corrected chi connectivity index (χ0v) is 12.7. The molecule has 2 N–H and O–H groups in total. The van der Waals surface area contributed by atoms with Crippen LogP contribution < -0.4 is 5.32 Å². The van der Waals surface area contributed by atoms with Crippen molar-refractivity contribution in [2.75, 3.05) is 26.2 Å². The van der Waals surface area contributed by atoms with Gasteiger partial charge in [-0.3, -0.25) is 9.69 Å². The molecule has 0 spiro atoms. The second-order valence-electron chi connectivity index (χ2n) is 5.80. The summed E-state index contributed by atoms with van der Waals surface area (Å²) in [5.41, 5.74) is -0.595. The van der Waals surface area contributed by atoms with Crippen LogP contribution in [0.25, 0.3) is 0 Å². The molecule has 1 aliphatic rings. The molecule has 0 bridgehead atoms. The first-order valence-corrected chi connectivity index (χ1v) is 7.77. The molecule has 1 atom stereocenters. The number of piperidine rings is 1. The fraction of sp³-hybridized carbons (Fsp3) is 0.933. The topological polar surface area (TPSA) is 52.6 Å². The molecule has 19 heavy (non-hydrogen) atoms. The van der Waals surface area contributed by atoms with Crippen molar-refractivity contribution in [2.45, 2.75) is 58.5 Å². The van der Waals surface area contributed by atoms with E-state index in [-0.39, 0.29) is 11.8 Å². The normalized spacial score (nSPS) is 21.4. The zero-order valence-electron chi connectivity index (χ0n) is 12.7. The van der Waals surface area contributed by atoms with Gasteiger partial charge in [-0.15, -0.1) is 0 Å². The molecular weight excluding hydrogens is 240 g/mol. The van der Waals surface area contributed by atoms with Gasteiger partial charge in [0.2, 0.25) is 5.91 Å². The van der Waals surface area contributed by atoms with Crippen molar-refractivity contribution in [1.82, 2.24) is 10.2 Å². The van der Waals surface area contributed by atoms with Gasteiger partial charge >= 0.3 is 0 Å². The molecule has 1 aliphatic heterocycles. The van der Waals surface area contributed by atoms with Crippen LogP contribution in [-0.4, -0.2) is 47.7 Å². The van der Waals surface area contributed by atoms with E-state index in [1.807, 2.05) is 13.8 Å². The second kappa shape index (κ2) is 7.85. The third-order valence-electron chi connectivity index (χ3n) is 4.26. The number of nitrogens with zero attached hydrogens (tertiary/aromatic N) is 1. The Kier molecular flexibility index (Phi) is 6.80. The Balaban J connectivity index is 2.47. The number of rotatable bonds is 7. The molecule has 4 nitrogen and oxygen atoms in total. The van der Waals surface area contributed by atoms with Crippen molar-refractivity contribution in [1.29, 1.82) is 0 Å². The lowest BCUT2D eigenvalue weighted by Crippen LogP contribution is -2.49. The van der Waals surface area contributed by atoms with Crippen LogP contribution >= 0.6 is 0 Å². The van der Waals surface area contributed by atoms with Gasteiger partial charge in [-0.1, -0.05) is 20.8 Å². The summed E-state index contributed by atoms with van der Waals surface area (Å²) in [6.45, 7) is 9.37. The molecule has 1 fully saturated rings. The molecule has 1 heterocycles. The fourth-order valence-corrected chi connectivity index (χ4v) is 2.70. The zero-order chi connectivity index (χ0) is 14.3. The van der Waals surface area contributed by atoms with Crippen LogP contribution in [0.2, 0.25) is 0 Å². The Morgan fingerprint density at radius 3 is 2.63 bits per heavy atom. The van der Waals surface area contributed by atoms with E-state index in [1.54, 1.807) is 0 Å². The molecule has 1 saturated heterocycles. The van der Waals surface area contributed by atoms with Crippen LogP contribution in [0.4, 0.5) is 0 Å². The molecule has 0 aromatic carbocycles. The van der Waals surface area contributed by atoms with Gasteiger partial charge in [0.1, 0.15) is 0 Å². The average Bonchev–Trinajstić information content (AvgIpc) is 2.44. The molecule has 4 heteroatoms. The first-order chi connectivity index (χ1) is 9.04. The lowest BCUT2D eigenvalue weighted by molar-refractivity contribution is -0.127. The van der Waals surface area contributed by atoms with Crippen molar-refractivity contribution in [3.63, 3.8) is 0 Å². The van der Waals surface area contributed by atoms with Crippen LogP contribution in [0.1, 0.15) is 52.9 Å². The smallest absolute Gasteiger partial charge is 0.224 e. The monoisotopic (exact) mass is 270 g/mol. The van der Waals surface area contributed by atoms with Gasteiger partial charge in [-0.2, -0.15) is 0 Å². The molecular formula is C15H30N2O2. The van der Waals surface area contributed by atoms with E-state index in [9.17, 15) is 9.90 Å². The summed E-state index contributed by atoms with van der Waals surface area (Å²) < 4.78 is 0. The Morgan fingerprint density at radius 1 is 1.37 bits per heavy atom. The quantitative estimate of drug-likeness (QED) is 0.741. The second-order valence-corrected chi connectivity index (χ2v) is 5.80. The molecule has 0 radical (unpaired) electrons. The van der Waals surface area contributed by atoms with Gasteiger partial charge in [0.05, 0.1) is 11.5 Å². The van der Waals surface area contributed by atoms with Crippen LogP contribution in [0.5, 0.6) is 0 Å². The molecule has 1 rings (SSSR count). The Hall–Kier alpha value is -0.610. The number of nitrogens with one attached hydrogen (secondary N) is 1. The average molecular weight is 270 g/mol.